The number of fused-ring (bicyclic) bond motifs is 3. The minimum absolute atomic E-state index is 0.0275. The van der Waals surface area contributed by atoms with Crippen LogP contribution in [0.3, 0.4) is 0 Å². The van der Waals surface area contributed by atoms with E-state index in [9.17, 15) is 9.59 Å². The van der Waals surface area contributed by atoms with Crippen molar-refractivity contribution in [2.24, 2.45) is 5.73 Å². The van der Waals surface area contributed by atoms with Crippen molar-refractivity contribution in [3.63, 3.8) is 0 Å². The Labute approximate surface area is 313 Å². The summed E-state index contributed by atoms with van der Waals surface area (Å²) in [6.07, 6.45) is 0.598. The highest BCUT2D eigenvalue weighted by atomic mass is 16.5. The number of benzene rings is 6. The van der Waals surface area contributed by atoms with E-state index >= 15 is 0 Å². The maximum atomic E-state index is 12.6. The zero-order valence-corrected chi connectivity index (χ0v) is 30.0. The molecule has 9 nitrogen and oxygen atoms in total. The molecule has 268 valence electrons. The minimum Gasteiger partial charge on any atom is -0.450 e. The number of pyridine rings is 1. The smallest absolute Gasteiger partial charge is 0.412 e. The summed E-state index contributed by atoms with van der Waals surface area (Å²) in [6.45, 7) is 3.97. The van der Waals surface area contributed by atoms with E-state index < -0.39 is 6.09 Å². The van der Waals surface area contributed by atoms with Crippen LogP contribution >= 0.6 is 0 Å². The highest BCUT2D eigenvalue weighted by molar-refractivity contribution is 6.08. The summed E-state index contributed by atoms with van der Waals surface area (Å²) in [4.78, 5) is 28.6. The first-order chi connectivity index (χ1) is 26.1. The Kier molecular flexibility index (Phi) is 10.1. The Hall–Kier alpha value is -6.87. The van der Waals surface area contributed by atoms with Gasteiger partial charge in [0, 0.05) is 33.5 Å². The molecule has 7 aromatic rings. The van der Waals surface area contributed by atoms with E-state index in [1.54, 1.807) is 19.1 Å². The van der Waals surface area contributed by atoms with Crippen molar-refractivity contribution in [1.82, 2.24) is 10.3 Å². The number of nitrogens with zero attached hydrogens (tertiary/aromatic N) is 1. The summed E-state index contributed by atoms with van der Waals surface area (Å²) < 4.78 is 4.83. The molecule has 2 unspecified atom stereocenters. The number of alkyl carbamates (subject to hydrolysis) is 1. The van der Waals surface area contributed by atoms with Crippen LogP contribution in [0.15, 0.2) is 133 Å². The zero-order valence-electron chi connectivity index (χ0n) is 30.0. The molecule has 6 aromatic carbocycles. The number of ether oxygens (including phenoxy) is 1. The lowest BCUT2D eigenvalue weighted by Gasteiger charge is -2.09. The molecule has 8 rings (SSSR count). The molecule has 1 aromatic heterocycles. The number of rotatable bonds is 7. The highest BCUT2D eigenvalue weighted by Crippen LogP contribution is 2.54. The Morgan fingerprint density at radius 2 is 1.31 bits per heavy atom. The molecule has 1 aliphatic carbocycles. The molecule has 9 heteroatoms. The maximum Gasteiger partial charge on any atom is 0.412 e. The van der Waals surface area contributed by atoms with E-state index in [4.69, 9.17) is 21.3 Å². The topological polar surface area (TPSA) is 154 Å². The van der Waals surface area contributed by atoms with Gasteiger partial charge in [-0.2, -0.15) is 0 Å². The average Bonchev–Trinajstić information content (AvgIpc) is 3.99. The van der Waals surface area contributed by atoms with E-state index in [0.29, 0.717) is 28.5 Å². The van der Waals surface area contributed by atoms with Crippen molar-refractivity contribution in [1.29, 1.82) is 10.8 Å². The second kappa shape index (κ2) is 15.4. The van der Waals surface area contributed by atoms with Crippen LogP contribution in [-0.4, -0.2) is 35.3 Å². The van der Waals surface area contributed by atoms with Crippen LogP contribution in [0, 0.1) is 17.7 Å². The highest BCUT2D eigenvalue weighted by Gasteiger charge is 2.39. The van der Waals surface area contributed by atoms with Gasteiger partial charge in [-0.25, -0.2) is 4.79 Å². The SMILES string of the molecule is CCOC(=O)NC(=N)c1ccc2cc(C3CC3c3ccccc3)ccc2c1.Cc1ccc2cc(NC(=O)c3ccc4cc(C(=N)N)ccc4c3)ccc2n1. The number of hydrogen-bond donors (Lipinski definition) is 5. The van der Waals surface area contributed by atoms with Gasteiger partial charge < -0.3 is 15.8 Å². The van der Waals surface area contributed by atoms with Gasteiger partial charge in [0.2, 0.25) is 0 Å². The van der Waals surface area contributed by atoms with E-state index in [1.807, 2.05) is 79.7 Å². The molecule has 2 atom stereocenters. The Morgan fingerprint density at radius 1 is 0.704 bits per heavy atom. The molecule has 1 saturated carbocycles. The first-order valence-electron chi connectivity index (χ1n) is 17.8. The van der Waals surface area contributed by atoms with Gasteiger partial charge in [-0.15, -0.1) is 0 Å². The maximum absolute atomic E-state index is 12.6. The molecule has 1 fully saturated rings. The third-order valence-corrected chi connectivity index (χ3v) is 9.60. The van der Waals surface area contributed by atoms with Crippen molar-refractivity contribution in [3.8, 4) is 0 Å². The number of carbonyl (C=O) groups excluding carboxylic acids is 2. The molecule has 1 aliphatic rings. The van der Waals surface area contributed by atoms with Crippen LogP contribution in [0.25, 0.3) is 32.4 Å². The van der Waals surface area contributed by atoms with Crippen molar-refractivity contribution in [3.05, 3.63) is 167 Å². The number of amidine groups is 2. The van der Waals surface area contributed by atoms with Crippen molar-refractivity contribution in [2.45, 2.75) is 32.1 Å². The van der Waals surface area contributed by atoms with Gasteiger partial charge >= 0.3 is 6.09 Å². The van der Waals surface area contributed by atoms with Gasteiger partial charge in [0.1, 0.15) is 11.7 Å². The van der Waals surface area contributed by atoms with Crippen molar-refractivity contribution in [2.75, 3.05) is 11.9 Å². The molecule has 1 heterocycles. The molecule has 0 bridgehead atoms. The normalized spacial score (nSPS) is 14.5. The first kappa shape index (κ1) is 35.5. The molecular formula is C45H40N6O3. The summed E-state index contributed by atoms with van der Waals surface area (Å²) in [6, 6.07) is 43.6. The quantitative estimate of drug-likeness (QED) is 0.0823. The molecular weight excluding hydrogens is 673 g/mol. The predicted molar refractivity (Wildman–Crippen MR) is 217 cm³/mol. The van der Waals surface area contributed by atoms with Gasteiger partial charge in [-0.05, 0) is 113 Å². The molecule has 0 spiro atoms. The number of hydrogen-bond acceptors (Lipinski definition) is 6. The fourth-order valence-corrected chi connectivity index (χ4v) is 6.69. The summed E-state index contributed by atoms with van der Waals surface area (Å²) in [5, 5.41) is 26.0. The second-order valence-electron chi connectivity index (χ2n) is 13.4. The summed E-state index contributed by atoms with van der Waals surface area (Å²) >= 11 is 0. The van der Waals surface area contributed by atoms with Gasteiger partial charge in [0.05, 0.1) is 12.1 Å². The predicted octanol–water partition coefficient (Wildman–Crippen LogP) is 9.42. The number of aryl methyl sites for hydroxylation is 1. The Bertz CT molecular complexity index is 2570. The Balaban J connectivity index is 0.000000167. The van der Waals surface area contributed by atoms with Crippen LogP contribution in [0.5, 0.6) is 0 Å². The second-order valence-corrected chi connectivity index (χ2v) is 13.4. The van der Waals surface area contributed by atoms with Crippen LogP contribution in [0.1, 0.15) is 63.5 Å². The fraction of sp³-hybridized carbons (Fsp3) is 0.133. The third-order valence-electron chi connectivity index (χ3n) is 9.60. The molecule has 6 N–H and O–H groups in total. The van der Waals surface area contributed by atoms with E-state index in [2.05, 4.69) is 64.1 Å². The standard InChI is InChI=1S/C23H22N2O2.C22H18N4O/c1-2-27-23(26)25-22(24)19-11-9-16-12-18(10-8-17(16)13-19)21-14-20(21)15-6-4-3-5-7-15;1-13-2-3-16-12-19(8-9-20(16)25-13)26-22(27)18-7-5-14-10-17(21(23)24)6-4-15(14)11-18/h3-13,20-21H,2,14H2,1H3,(H2,24,25,26);2-12H,1H3,(H3,23,24)(H,26,27). The number of nitrogens with one attached hydrogen (secondary N) is 4. The minimum atomic E-state index is -0.598. The lowest BCUT2D eigenvalue weighted by Crippen LogP contribution is -2.31. The molecule has 54 heavy (non-hydrogen) atoms. The van der Waals surface area contributed by atoms with E-state index in [-0.39, 0.29) is 24.2 Å². The monoisotopic (exact) mass is 712 g/mol. The third kappa shape index (κ3) is 8.11. The molecule has 2 amide bonds. The summed E-state index contributed by atoms with van der Waals surface area (Å²) in [7, 11) is 0. The molecule has 0 aliphatic heterocycles. The fourth-order valence-electron chi connectivity index (χ4n) is 6.69. The van der Waals surface area contributed by atoms with E-state index in [1.165, 1.54) is 17.5 Å². The van der Waals surface area contributed by atoms with Gasteiger partial charge in [-0.3, -0.25) is 25.9 Å². The molecule has 0 saturated heterocycles. The number of anilines is 1. The van der Waals surface area contributed by atoms with Crippen LogP contribution in [0.2, 0.25) is 0 Å². The van der Waals surface area contributed by atoms with Gasteiger partial charge in [-0.1, -0.05) is 84.9 Å². The number of amides is 2. The van der Waals surface area contributed by atoms with Crippen LogP contribution < -0.4 is 16.4 Å². The van der Waals surface area contributed by atoms with E-state index in [0.717, 1.165) is 43.8 Å². The van der Waals surface area contributed by atoms with Gasteiger partial charge in [0.25, 0.3) is 5.91 Å². The lowest BCUT2D eigenvalue weighted by molar-refractivity contribution is 0.102. The number of nitrogens with two attached hydrogens (primary N) is 1. The Morgan fingerprint density at radius 3 is 2.04 bits per heavy atom. The average molecular weight is 713 g/mol. The van der Waals surface area contributed by atoms with Gasteiger partial charge in [0.15, 0.2) is 0 Å². The molecule has 0 radical (unpaired) electrons. The van der Waals surface area contributed by atoms with Crippen molar-refractivity contribution >= 4 is 61.8 Å². The largest absolute Gasteiger partial charge is 0.450 e. The lowest BCUT2D eigenvalue weighted by atomic mass is 9.99. The van der Waals surface area contributed by atoms with Crippen LogP contribution in [0.4, 0.5) is 10.5 Å². The van der Waals surface area contributed by atoms with Crippen LogP contribution in [-0.2, 0) is 4.74 Å². The number of nitrogen functional groups attached to an aromatic ring is 1. The number of carbonyl (C=O) groups is 2. The number of aromatic nitrogens is 1. The zero-order chi connectivity index (χ0) is 37.8. The van der Waals surface area contributed by atoms with Crippen molar-refractivity contribution < 1.29 is 14.3 Å². The summed E-state index contributed by atoms with van der Waals surface area (Å²) in [5.41, 5.74) is 12.8. The summed E-state index contributed by atoms with van der Waals surface area (Å²) in [5.74, 6) is 1.10. The first-order valence-corrected chi connectivity index (χ1v) is 17.8.